The van der Waals surface area contributed by atoms with Gasteiger partial charge < -0.3 is 24.6 Å². The molecule has 1 unspecified atom stereocenters. The minimum atomic E-state index is -0.855. The third-order valence-electron chi connectivity index (χ3n) is 6.13. The van der Waals surface area contributed by atoms with E-state index < -0.39 is 17.7 Å². The van der Waals surface area contributed by atoms with Gasteiger partial charge in [-0.05, 0) is 47.2 Å². The van der Waals surface area contributed by atoms with Crippen LogP contribution in [-0.4, -0.2) is 47.6 Å². The molecule has 1 aliphatic rings. The van der Waals surface area contributed by atoms with Crippen LogP contribution in [0.1, 0.15) is 63.3 Å². The predicted octanol–water partition coefficient (Wildman–Crippen LogP) is 4.93. The van der Waals surface area contributed by atoms with Crippen molar-refractivity contribution in [1.29, 1.82) is 0 Å². The van der Waals surface area contributed by atoms with E-state index in [-0.39, 0.29) is 28.2 Å². The minimum Gasteiger partial charge on any atom is -0.507 e. The molecule has 0 aliphatic carbocycles. The number of benzene rings is 2. The number of aromatic hydroxyl groups is 1. The van der Waals surface area contributed by atoms with Gasteiger partial charge in [0, 0.05) is 6.54 Å². The van der Waals surface area contributed by atoms with E-state index in [4.69, 9.17) is 9.47 Å². The normalized spacial score (nSPS) is 17.8. The first kappa shape index (κ1) is 25.1. The number of methoxy groups -OCH3 is 2. The van der Waals surface area contributed by atoms with Crippen molar-refractivity contribution in [2.75, 3.05) is 20.8 Å². The smallest absolute Gasteiger partial charge is 0.295 e. The summed E-state index contributed by atoms with van der Waals surface area (Å²) >= 11 is 0. The largest absolute Gasteiger partial charge is 0.507 e. The number of carbonyl (C=O) groups is 2. The van der Waals surface area contributed by atoms with Crippen LogP contribution < -0.4 is 9.47 Å². The van der Waals surface area contributed by atoms with Crippen molar-refractivity contribution in [1.82, 2.24) is 4.90 Å². The zero-order valence-corrected chi connectivity index (χ0v) is 20.6. The van der Waals surface area contributed by atoms with Gasteiger partial charge in [0.15, 0.2) is 11.5 Å². The molecule has 1 atom stereocenters. The van der Waals surface area contributed by atoms with Crippen molar-refractivity contribution in [3.05, 3.63) is 58.7 Å². The Morgan fingerprint density at radius 3 is 2.24 bits per heavy atom. The highest BCUT2D eigenvalue weighted by Gasteiger charge is 2.46. The maximum Gasteiger partial charge on any atom is 0.295 e. The van der Waals surface area contributed by atoms with Crippen molar-refractivity contribution >= 4 is 17.4 Å². The quantitative estimate of drug-likeness (QED) is 0.341. The van der Waals surface area contributed by atoms with Crippen LogP contribution in [0.2, 0.25) is 0 Å². The molecular formula is C27H33NO6. The summed E-state index contributed by atoms with van der Waals surface area (Å²) in [5, 5.41) is 21.9. The van der Waals surface area contributed by atoms with Crippen LogP contribution in [0.25, 0.3) is 5.76 Å². The summed E-state index contributed by atoms with van der Waals surface area (Å²) in [4.78, 5) is 27.7. The van der Waals surface area contributed by atoms with E-state index in [9.17, 15) is 19.8 Å². The maximum absolute atomic E-state index is 13.2. The van der Waals surface area contributed by atoms with E-state index in [1.165, 1.54) is 25.2 Å². The third kappa shape index (κ3) is 4.60. The standard InChI is InChI=1S/C27H33NO6/c1-7-8-13-28-23(16-9-11-21(34-6)19(29)14-16)22(25(31)26(28)32)24(30)18-15-17(27(2,3)4)10-12-20(18)33-5/h9-12,14-15,23,29-30H,7-8,13H2,1-6H3/b24-22+. The second-order valence-corrected chi connectivity index (χ2v) is 9.44. The topological polar surface area (TPSA) is 96.3 Å². The number of aliphatic hydroxyl groups excluding tert-OH is 1. The van der Waals surface area contributed by atoms with Crippen molar-refractivity contribution < 1.29 is 29.3 Å². The second kappa shape index (κ2) is 9.79. The van der Waals surface area contributed by atoms with Gasteiger partial charge in [0.25, 0.3) is 11.7 Å². The molecular weight excluding hydrogens is 434 g/mol. The highest BCUT2D eigenvalue weighted by atomic mass is 16.5. The summed E-state index contributed by atoms with van der Waals surface area (Å²) in [5.41, 5.74) is 1.53. The molecule has 0 saturated carbocycles. The van der Waals surface area contributed by atoms with Crippen molar-refractivity contribution in [3.8, 4) is 17.2 Å². The molecule has 0 radical (unpaired) electrons. The molecule has 2 aromatic rings. The number of hydrogen-bond acceptors (Lipinski definition) is 6. The number of phenols is 1. The first-order chi connectivity index (χ1) is 16.0. The lowest BCUT2D eigenvalue weighted by molar-refractivity contribution is -0.139. The molecule has 0 aromatic heterocycles. The lowest BCUT2D eigenvalue weighted by Gasteiger charge is -2.26. The predicted molar refractivity (Wildman–Crippen MR) is 130 cm³/mol. The number of nitrogens with zero attached hydrogens (tertiary/aromatic N) is 1. The highest BCUT2D eigenvalue weighted by Crippen LogP contribution is 2.43. The first-order valence-electron chi connectivity index (χ1n) is 11.4. The molecule has 3 rings (SSSR count). The number of amides is 1. The lowest BCUT2D eigenvalue weighted by atomic mass is 9.85. The number of phenolic OH excluding ortho intramolecular Hbond substituents is 1. The van der Waals surface area contributed by atoms with Crippen molar-refractivity contribution in [2.24, 2.45) is 0 Å². The number of ether oxygens (including phenoxy) is 2. The Bertz CT molecular complexity index is 1130. The number of aliphatic hydroxyl groups is 1. The van der Waals surface area contributed by atoms with Gasteiger partial charge in [0.05, 0.1) is 31.4 Å². The molecule has 0 spiro atoms. The van der Waals surface area contributed by atoms with Crippen LogP contribution in [0.3, 0.4) is 0 Å². The Morgan fingerprint density at radius 1 is 1.03 bits per heavy atom. The van der Waals surface area contributed by atoms with Gasteiger partial charge in [-0.1, -0.05) is 46.2 Å². The number of likely N-dealkylation sites (tertiary alicyclic amines) is 1. The summed E-state index contributed by atoms with van der Waals surface area (Å²) in [5.74, 6) is -1.21. The SMILES string of the molecule is CCCCN1C(=O)C(=O)/C(=C(/O)c2cc(C(C)(C)C)ccc2OC)C1c1ccc(OC)c(O)c1. The van der Waals surface area contributed by atoms with Gasteiger partial charge in [-0.2, -0.15) is 0 Å². The highest BCUT2D eigenvalue weighted by molar-refractivity contribution is 6.46. The Morgan fingerprint density at radius 2 is 1.68 bits per heavy atom. The maximum atomic E-state index is 13.2. The molecule has 34 heavy (non-hydrogen) atoms. The van der Waals surface area contributed by atoms with E-state index in [1.54, 1.807) is 24.3 Å². The second-order valence-electron chi connectivity index (χ2n) is 9.44. The van der Waals surface area contributed by atoms with Crippen molar-refractivity contribution in [2.45, 2.75) is 52.0 Å². The fourth-order valence-electron chi connectivity index (χ4n) is 4.17. The summed E-state index contributed by atoms with van der Waals surface area (Å²) in [6, 6.07) is 9.31. The molecule has 2 N–H and O–H groups in total. The number of carbonyl (C=O) groups excluding carboxylic acids is 2. The van der Waals surface area contributed by atoms with Gasteiger partial charge >= 0.3 is 0 Å². The fourth-order valence-corrected chi connectivity index (χ4v) is 4.17. The van der Waals surface area contributed by atoms with Gasteiger partial charge in [-0.15, -0.1) is 0 Å². The molecule has 1 amide bonds. The third-order valence-corrected chi connectivity index (χ3v) is 6.13. The Labute approximate surface area is 200 Å². The molecule has 1 fully saturated rings. The first-order valence-corrected chi connectivity index (χ1v) is 11.4. The molecule has 1 aliphatic heterocycles. The average Bonchev–Trinajstić information content (AvgIpc) is 3.05. The monoisotopic (exact) mass is 467 g/mol. The molecule has 2 aromatic carbocycles. The van der Waals surface area contributed by atoms with E-state index in [0.29, 0.717) is 29.8 Å². The molecule has 7 heteroatoms. The molecule has 1 heterocycles. The van der Waals surface area contributed by atoms with Crippen LogP contribution >= 0.6 is 0 Å². The summed E-state index contributed by atoms with van der Waals surface area (Å²) in [6.45, 7) is 8.47. The van der Waals surface area contributed by atoms with Gasteiger partial charge in [0.2, 0.25) is 0 Å². The zero-order valence-electron chi connectivity index (χ0n) is 20.6. The van der Waals surface area contributed by atoms with Crippen LogP contribution in [0, 0.1) is 0 Å². The Kier molecular flexibility index (Phi) is 7.24. The van der Waals surface area contributed by atoms with Crippen molar-refractivity contribution in [3.63, 3.8) is 0 Å². The fraction of sp³-hybridized carbons (Fsp3) is 0.407. The molecule has 0 bridgehead atoms. The van der Waals surface area contributed by atoms with E-state index >= 15 is 0 Å². The minimum absolute atomic E-state index is 0.0324. The zero-order chi connectivity index (χ0) is 25.2. The van der Waals surface area contributed by atoms with Crippen LogP contribution in [0.5, 0.6) is 17.2 Å². The van der Waals surface area contributed by atoms with Crippen LogP contribution in [0.4, 0.5) is 0 Å². The summed E-state index contributed by atoms with van der Waals surface area (Å²) < 4.78 is 10.6. The summed E-state index contributed by atoms with van der Waals surface area (Å²) in [7, 11) is 2.93. The number of ketones is 1. The molecule has 1 saturated heterocycles. The lowest BCUT2D eigenvalue weighted by Crippen LogP contribution is -2.30. The number of hydrogen-bond donors (Lipinski definition) is 2. The Hall–Kier alpha value is -3.48. The Balaban J connectivity index is 2.27. The van der Waals surface area contributed by atoms with E-state index in [1.807, 2.05) is 33.8 Å². The van der Waals surface area contributed by atoms with E-state index in [0.717, 1.165) is 12.0 Å². The van der Waals surface area contributed by atoms with Gasteiger partial charge in [0.1, 0.15) is 11.5 Å². The van der Waals surface area contributed by atoms with Crippen LogP contribution in [-0.2, 0) is 15.0 Å². The van der Waals surface area contributed by atoms with Gasteiger partial charge in [-0.25, -0.2) is 0 Å². The molecule has 182 valence electrons. The van der Waals surface area contributed by atoms with Gasteiger partial charge in [-0.3, -0.25) is 9.59 Å². The number of Topliss-reactive ketones (excluding diaryl/α,β-unsaturated/α-hetero) is 1. The summed E-state index contributed by atoms with van der Waals surface area (Å²) in [6.07, 6.45) is 1.51. The van der Waals surface area contributed by atoms with Crippen LogP contribution in [0.15, 0.2) is 42.0 Å². The number of rotatable bonds is 7. The van der Waals surface area contributed by atoms with E-state index in [2.05, 4.69) is 0 Å². The average molecular weight is 468 g/mol. The molecule has 7 nitrogen and oxygen atoms in total. The number of unbranched alkanes of at least 4 members (excludes halogenated alkanes) is 1.